The van der Waals surface area contributed by atoms with Gasteiger partial charge >= 0.3 is 0 Å². The molecular formula is C18H32. The van der Waals surface area contributed by atoms with Crippen LogP contribution in [0.4, 0.5) is 0 Å². The Kier molecular flexibility index (Phi) is 5.79. The summed E-state index contributed by atoms with van der Waals surface area (Å²) in [6.07, 6.45) is 18.7. The maximum Gasteiger partial charge on any atom is -0.0200 e. The van der Waals surface area contributed by atoms with Crippen molar-refractivity contribution in [3.8, 4) is 0 Å². The molecule has 0 N–H and O–H groups in total. The third kappa shape index (κ3) is 3.62. The van der Waals surface area contributed by atoms with E-state index in [4.69, 9.17) is 0 Å². The number of allylic oxidation sites excluding steroid dienone is 2. The molecule has 0 aromatic heterocycles. The first kappa shape index (κ1) is 14.2. The smallest absolute Gasteiger partial charge is 0.0200 e. The van der Waals surface area contributed by atoms with E-state index in [0.717, 1.165) is 17.8 Å². The van der Waals surface area contributed by atoms with Crippen LogP contribution in [-0.2, 0) is 0 Å². The molecule has 0 amide bonds. The van der Waals surface area contributed by atoms with E-state index in [9.17, 15) is 0 Å². The Morgan fingerprint density at radius 1 is 0.889 bits per heavy atom. The molecule has 0 aromatic carbocycles. The first-order valence-electron chi connectivity index (χ1n) is 8.51. The van der Waals surface area contributed by atoms with Crippen molar-refractivity contribution in [1.29, 1.82) is 0 Å². The Morgan fingerprint density at radius 3 is 2.06 bits per heavy atom. The van der Waals surface area contributed by atoms with Crippen LogP contribution in [0.3, 0.4) is 0 Å². The molecule has 0 nitrogen and oxygen atoms in total. The average Bonchev–Trinajstić information content (AvgIpc) is 2.43. The zero-order valence-electron chi connectivity index (χ0n) is 12.6. The van der Waals surface area contributed by atoms with Crippen molar-refractivity contribution >= 4 is 0 Å². The largest absolute Gasteiger partial charge is 0.0879 e. The van der Waals surface area contributed by atoms with E-state index in [-0.39, 0.29) is 0 Å². The molecule has 0 aromatic rings. The first-order chi connectivity index (χ1) is 8.85. The highest BCUT2D eigenvalue weighted by Crippen LogP contribution is 2.41. The summed E-state index contributed by atoms with van der Waals surface area (Å²) in [5.74, 6) is 2.96. The average molecular weight is 248 g/mol. The Bertz CT molecular complexity index is 249. The molecule has 0 radical (unpaired) electrons. The van der Waals surface area contributed by atoms with E-state index in [1.54, 1.807) is 0 Å². The van der Waals surface area contributed by atoms with Gasteiger partial charge in [-0.3, -0.25) is 0 Å². The zero-order valence-corrected chi connectivity index (χ0v) is 12.6. The zero-order chi connectivity index (χ0) is 12.8. The quantitative estimate of drug-likeness (QED) is 0.526. The number of rotatable bonds is 4. The van der Waals surface area contributed by atoms with Crippen molar-refractivity contribution in [1.82, 2.24) is 0 Å². The summed E-state index contributed by atoms with van der Waals surface area (Å²) < 4.78 is 0. The minimum absolute atomic E-state index is 0.950. The van der Waals surface area contributed by atoms with Gasteiger partial charge in [-0.25, -0.2) is 0 Å². The lowest BCUT2D eigenvalue weighted by Crippen LogP contribution is -2.21. The summed E-state index contributed by atoms with van der Waals surface area (Å²) in [4.78, 5) is 0. The predicted octanol–water partition coefficient (Wildman–Crippen LogP) is 6.12. The predicted molar refractivity (Wildman–Crippen MR) is 80.7 cm³/mol. The van der Waals surface area contributed by atoms with Crippen molar-refractivity contribution in [2.45, 2.75) is 84.5 Å². The standard InChI is InChI=1S/C18H32/c1-3-8-15-11-13-17(14-12-15)18(4-2)16-9-6-5-7-10-16/h4,15-17H,3,5-14H2,1-2H3/b18-4+. The van der Waals surface area contributed by atoms with Crippen molar-refractivity contribution < 1.29 is 0 Å². The Morgan fingerprint density at radius 2 is 1.50 bits per heavy atom. The molecule has 0 heterocycles. The van der Waals surface area contributed by atoms with E-state index in [1.165, 1.54) is 70.6 Å². The van der Waals surface area contributed by atoms with Gasteiger partial charge in [0.1, 0.15) is 0 Å². The molecule has 104 valence electrons. The molecule has 2 aliphatic rings. The van der Waals surface area contributed by atoms with E-state index >= 15 is 0 Å². The van der Waals surface area contributed by atoms with Crippen LogP contribution in [0.25, 0.3) is 0 Å². The van der Waals surface area contributed by atoms with Crippen LogP contribution in [0.2, 0.25) is 0 Å². The van der Waals surface area contributed by atoms with Gasteiger partial charge in [0.25, 0.3) is 0 Å². The maximum absolute atomic E-state index is 2.49. The fourth-order valence-corrected chi connectivity index (χ4v) is 4.43. The maximum atomic E-state index is 2.49. The molecule has 2 aliphatic carbocycles. The molecule has 2 rings (SSSR count). The summed E-state index contributed by atoms with van der Waals surface area (Å²) >= 11 is 0. The molecule has 18 heavy (non-hydrogen) atoms. The minimum Gasteiger partial charge on any atom is -0.0879 e. The highest BCUT2D eigenvalue weighted by Gasteiger charge is 2.27. The van der Waals surface area contributed by atoms with Gasteiger partial charge in [-0.2, -0.15) is 0 Å². The second-order valence-electron chi connectivity index (χ2n) is 6.63. The SMILES string of the molecule is C/C=C(\C1CCCCC1)C1CCC(CCC)CC1. The van der Waals surface area contributed by atoms with Crippen LogP contribution < -0.4 is 0 Å². The Balaban J connectivity index is 1.86. The lowest BCUT2D eigenvalue weighted by atomic mass is 9.71. The Hall–Kier alpha value is -0.260. The van der Waals surface area contributed by atoms with Crippen LogP contribution >= 0.6 is 0 Å². The molecule has 0 unspecified atom stereocenters. The minimum atomic E-state index is 0.950. The summed E-state index contributed by atoms with van der Waals surface area (Å²) in [5.41, 5.74) is 1.85. The molecule has 0 saturated heterocycles. The second-order valence-corrected chi connectivity index (χ2v) is 6.63. The lowest BCUT2D eigenvalue weighted by molar-refractivity contribution is 0.262. The molecule has 2 saturated carbocycles. The van der Waals surface area contributed by atoms with Crippen LogP contribution in [0.15, 0.2) is 11.6 Å². The summed E-state index contributed by atoms with van der Waals surface area (Å²) in [5, 5.41) is 0. The highest BCUT2D eigenvalue weighted by molar-refractivity contribution is 5.11. The van der Waals surface area contributed by atoms with E-state index in [2.05, 4.69) is 19.9 Å². The van der Waals surface area contributed by atoms with Crippen molar-refractivity contribution in [2.75, 3.05) is 0 Å². The summed E-state index contributed by atoms with van der Waals surface area (Å²) in [6.45, 7) is 4.63. The monoisotopic (exact) mass is 248 g/mol. The fraction of sp³-hybridized carbons (Fsp3) is 0.889. The van der Waals surface area contributed by atoms with Crippen LogP contribution in [0, 0.1) is 17.8 Å². The van der Waals surface area contributed by atoms with Gasteiger partial charge in [0.05, 0.1) is 0 Å². The topological polar surface area (TPSA) is 0 Å². The number of hydrogen-bond acceptors (Lipinski definition) is 0. The Labute approximate surface area is 114 Å². The van der Waals surface area contributed by atoms with Gasteiger partial charge in [0, 0.05) is 0 Å². The number of hydrogen-bond donors (Lipinski definition) is 0. The van der Waals surface area contributed by atoms with Crippen molar-refractivity contribution in [3.63, 3.8) is 0 Å². The fourth-order valence-electron chi connectivity index (χ4n) is 4.43. The lowest BCUT2D eigenvalue weighted by Gasteiger charge is -2.35. The van der Waals surface area contributed by atoms with E-state index in [1.807, 2.05) is 5.57 Å². The molecule has 0 heteroatoms. The highest BCUT2D eigenvalue weighted by atomic mass is 14.3. The van der Waals surface area contributed by atoms with E-state index < -0.39 is 0 Å². The van der Waals surface area contributed by atoms with Gasteiger partial charge < -0.3 is 0 Å². The third-order valence-corrected chi connectivity index (χ3v) is 5.42. The third-order valence-electron chi connectivity index (χ3n) is 5.42. The second kappa shape index (κ2) is 7.36. The van der Waals surface area contributed by atoms with Crippen molar-refractivity contribution in [3.05, 3.63) is 11.6 Å². The van der Waals surface area contributed by atoms with Crippen LogP contribution in [0.1, 0.15) is 84.5 Å². The molecule has 0 spiro atoms. The summed E-state index contributed by atoms with van der Waals surface area (Å²) in [6, 6.07) is 0. The molecule has 0 aliphatic heterocycles. The normalized spacial score (nSPS) is 31.6. The van der Waals surface area contributed by atoms with Gasteiger partial charge in [-0.05, 0) is 63.2 Å². The first-order valence-corrected chi connectivity index (χ1v) is 8.51. The molecule has 0 atom stereocenters. The molecule has 2 fully saturated rings. The van der Waals surface area contributed by atoms with Gasteiger partial charge in [0.2, 0.25) is 0 Å². The van der Waals surface area contributed by atoms with Crippen LogP contribution in [-0.4, -0.2) is 0 Å². The van der Waals surface area contributed by atoms with Gasteiger partial charge in [-0.15, -0.1) is 0 Å². The van der Waals surface area contributed by atoms with Crippen LogP contribution in [0.5, 0.6) is 0 Å². The molecule has 0 bridgehead atoms. The van der Waals surface area contributed by atoms with Crippen molar-refractivity contribution in [2.24, 2.45) is 17.8 Å². The molecular weight excluding hydrogens is 216 g/mol. The van der Waals surface area contributed by atoms with Gasteiger partial charge in [-0.1, -0.05) is 50.7 Å². The van der Waals surface area contributed by atoms with Gasteiger partial charge in [0.15, 0.2) is 0 Å². The summed E-state index contributed by atoms with van der Waals surface area (Å²) in [7, 11) is 0. The van der Waals surface area contributed by atoms with E-state index in [0.29, 0.717) is 0 Å².